The summed E-state index contributed by atoms with van der Waals surface area (Å²) in [6, 6.07) is 9.00. The van der Waals surface area contributed by atoms with E-state index in [2.05, 4.69) is 5.32 Å². The molecule has 1 fully saturated rings. The third kappa shape index (κ3) is 5.79. The van der Waals surface area contributed by atoms with Gasteiger partial charge in [0.2, 0.25) is 0 Å². The minimum Gasteiger partial charge on any atom is -0.448 e. The zero-order valence-electron chi connectivity index (χ0n) is 20.3. The molecule has 1 heterocycles. The number of amides is 2. The van der Waals surface area contributed by atoms with Crippen molar-refractivity contribution in [1.82, 2.24) is 4.90 Å². The Kier molecular flexibility index (Phi) is 8.02. The Morgan fingerprint density at radius 2 is 1.86 bits per heavy atom. The maximum atomic E-state index is 13.5. The fraction of sp³-hybridized carbons (Fsp3) is 0.333. The highest BCUT2D eigenvalue weighted by Gasteiger charge is 2.50. The van der Waals surface area contributed by atoms with Gasteiger partial charge in [0, 0.05) is 12.2 Å². The fourth-order valence-electron chi connectivity index (χ4n) is 3.67. The smallest absolute Gasteiger partial charge is 0.417 e. The predicted octanol–water partition coefficient (Wildman–Crippen LogP) is 5.26. The van der Waals surface area contributed by atoms with Gasteiger partial charge in [0.15, 0.2) is 5.11 Å². The molecule has 0 aromatic heterocycles. The Bertz CT molecular complexity index is 1290. The van der Waals surface area contributed by atoms with Crippen LogP contribution in [-0.4, -0.2) is 54.8 Å². The van der Waals surface area contributed by atoms with Crippen LogP contribution in [-0.2, 0) is 15.7 Å². The molecule has 1 saturated heterocycles. The number of carbonyl (C=O) groups is 2. The Morgan fingerprint density at radius 3 is 2.46 bits per heavy atom. The van der Waals surface area contributed by atoms with E-state index in [0.29, 0.717) is 12.2 Å². The van der Waals surface area contributed by atoms with E-state index in [9.17, 15) is 22.8 Å². The lowest BCUT2D eigenvalue weighted by Gasteiger charge is -2.30. The molecule has 1 N–H and O–H groups in total. The summed E-state index contributed by atoms with van der Waals surface area (Å²) >= 11 is 11.8. The van der Waals surface area contributed by atoms with Crippen LogP contribution in [0.5, 0.6) is 0 Å². The van der Waals surface area contributed by atoms with Crippen molar-refractivity contribution in [2.24, 2.45) is 0 Å². The summed E-state index contributed by atoms with van der Waals surface area (Å²) in [6.07, 6.45) is -5.54. The standard InChI is InChI=1S/C24H23ClF3N5O3S/c1-23(2)20(34)32(15-6-5-14(13-29)17(11-15)24(26,27)28)22(37)33(23)16-7-8-18(25)19(12-16)30-21(35)36-10-9-31(3)4/h5-8,11-12H,9-10H2,1-4H3,(H,30,35). The SMILES string of the molecule is CN(C)CCOC(=O)Nc1cc(N2C(=S)N(c3ccc(C#N)c(C(F)(F)F)c3)C(=O)C2(C)C)ccc1Cl. The quantitative estimate of drug-likeness (QED) is 0.488. The van der Waals surface area contributed by atoms with E-state index < -0.39 is 34.8 Å². The molecular formula is C24H23ClF3N5O3S. The van der Waals surface area contributed by atoms with Crippen molar-refractivity contribution >= 4 is 58.0 Å². The maximum absolute atomic E-state index is 13.5. The summed E-state index contributed by atoms with van der Waals surface area (Å²) in [5.74, 6) is -0.581. The lowest BCUT2D eigenvalue weighted by atomic mass is 10.0. The van der Waals surface area contributed by atoms with Gasteiger partial charge in [-0.25, -0.2) is 4.79 Å². The van der Waals surface area contributed by atoms with Gasteiger partial charge < -0.3 is 14.5 Å². The molecule has 0 spiro atoms. The van der Waals surface area contributed by atoms with Crippen LogP contribution < -0.4 is 15.1 Å². The Morgan fingerprint density at radius 1 is 1.22 bits per heavy atom. The van der Waals surface area contributed by atoms with Crippen molar-refractivity contribution in [3.8, 4) is 6.07 Å². The van der Waals surface area contributed by atoms with Crippen molar-refractivity contribution in [2.75, 3.05) is 42.4 Å². The molecule has 0 aliphatic carbocycles. The van der Waals surface area contributed by atoms with Crippen LogP contribution in [0.3, 0.4) is 0 Å². The first-order valence-corrected chi connectivity index (χ1v) is 11.6. The molecule has 0 unspecified atom stereocenters. The number of likely N-dealkylation sites (N-methyl/N-ethyl adjacent to an activating group) is 1. The number of nitrogens with one attached hydrogen (secondary N) is 1. The van der Waals surface area contributed by atoms with Gasteiger partial charge in [-0.3, -0.25) is 15.0 Å². The molecule has 2 amide bonds. The molecular weight excluding hydrogens is 531 g/mol. The van der Waals surface area contributed by atoms with Crippen molar-refractivity contribution in [3.63, 3.8) is 0 Å². The first-order valence-electron chi connectivity index (χ1n) is 10.9. The van der Waals surface area contributed by atoms with Crippen LogP contribution in [0.2, 0.25) is 5.02 Å². The third-order valence-corrected chi connectivity index (χ3v) is 6.27. The van der Waals surface area contributed by atoms with E-state index in [1.165, 1.54) is 29.2 Å². The van der Waals surface area contributed by atoms with Gasteiger partial charge in [-0.05, 0) is 76.6 Å². The number of hydrogen-bond donors (Lipinski definition) is 1. The molecule has 3 rings (SSSR count). The molecule has 2 aromatic carbocycles. The van der Waals surface area contributed by atoms with E-state index in [-0.39, 0.29) is 28.1 Å². The number of nitrogens with zero attached hydrogens (tertiary/aromatic N) is 4. The molecule has 1 aliphatic rings. The van der Waals surface area contributed by atoms with E-state index >= 15 is 0 Å². The van der Waals surface area contributed by atoms with E-state index in [4.69, 9.17) is 33.8 Å². The zero-order valence-corrected chi connectivity index (χ0v) is 21.9. The van der Waals surface area contributed by atoms with Gasteiger partial charge in [0.05, 0.1) is 33.6 Å². The minimum absolute atomic E-state index is 0.0883. The van der Waals surface area contributed by atoms with Gasteiger partial charge in [0.1, 0.15) is 12.1 Å². The summed E-state index contributed by atoms with van der Waals surface area (Å²) in [7, 11) is 3.66. The Hall–Kier alpha value is -3.40. The second-order valence-electron chi connectivity index (χ2n) is 8.89. The van der Waals surface area contributed by atoms with Crippen molar-refractivity contribution in [1.29, 1.82) is 5.26 Å². The van der Waals surface area contributed by atoms with Crippen molar-refractivity contribution in [2.45, 2.75) is 25.6 Å². The number of ether oxygens (including phenoxy) is 1. The third-order valence-electron chi connectivity index (χ3n) is 5.57. The largest absolute Gasteiger partial charge is 0.448 e. The normalized spacial score (nSPS) is 15.2. The molecule has 196 valence electrons. The van der Waals surface area contributed by atoms with Gasteiger partial charge in [0.25, 0.3) is 5.91 Å². The molecule has 1 aliphatic heterocycles. The maximum Gasteiger partial charge on any atom is 0.417 e. The summed E-state index contributed by atoms with van der Waals surface area (Å²) < 4.78 is 45.7. The highest BCUT2D eigenvalue weighted by Crippen LogP contribution is 2.40. The molecule has 0 saturated carbocycles. The first kappa shape index (κ1) is 28.2. The van der Waals surface area contributed by atoms with Crippen LogP contribution >= 0.6 is 23.8 Å². The first-order chi connectivity index (χ1) is 17.2. The van der Waals surface area contributed by atoms with Crippen LogP contribution in [0.25, 0.3) is 0 Å². The number of hydrogen-bond acceptors (Lipinski definition) is 6. The number of alkyl halides is 3. The highest BCUT2D eigenvalue weighted by atomic mass is 35.5. The van der Waals surface area contributed by atoms with E-state index in [0.717, 1.165) is 17.0 Å². The molecule has 0 bridgehead atoms. The number of thiocarbonyl (C=S) groups is 1. The second kappa shape index (κ2) is 10.5. The number of rotatable bonds is 6. The lowest BCUT2D eigenvalue weighted by Crippen LogP contribution is -2.44. The number of halogens is 4. The zero-order chi connectivity index (χ0) is 27.7. The van der Waals surface area contributed by atoms with E-state index in [1.807, 2.05) is 19.0 Å². The van der Waals surface area contributed by atoms with Crippen molar-refractivity contribution in [3.05, 3.63) is 52.5 Å². The van der Waals surface area contributed by atoms with Crippen molar-refractivity contribution < 1.29 is 27.5 Å². The van der Waals surface area contributed by atoms with Gasteiger partial charge in [-0.2, -0.15) is 18.4 Å². The molecule has 37 heavy (non-hydrogen) atoms. The molecule has 8 nitrogen and oxygen atoms in total. The summed E-state index contributed by atoms with van der Waals surface area (Å²) in [5, 5.41) is 11.7. The van der Waals surface area contributed by atoms with Gasteiger partial charge in [-0.1, -0.05) is 11.6 Å². The van der Waals surface area contributed by atoms with Crippen LogP contribution in [0.15, 0.2) is 36.4 Å². The average Bonchev–Trinajstić information content (AvgIpc) is 2.97. The topological polar surface area (TPSA) is 88.9 Å². The average molecular weight is 554 g/mol. The summed E-state index contributed by atoms with van der Waals surface area (Å²) in [5.41, 5.74) is -2.63. The predicted molar refractivity (Wildman–Crippen MR) is 138 cm³/mol. The fourth-order valence-corrected chi connectivity index (χ4v) is 4.36. The summed E-state index contributed by atoms with van der Waals surface area (Å²) in [6.45, 7) is 3.79. The van der Waals surface area contributed by atoms with Crippen LogP contribution in [0.4, 0.5) is 35.0 Å². The van der Waals surface area contributed by atoms with Gasteiger partial charge >= 0.3 is 12.3 Å². The highest BCUT2D eigenvalue weighted by molar-refractivity contribution is 7.81. The summed E-state index contributed by atoms with van der Waals surface area (Å²) in [4.78, 5) is 29.8. The Labute approximate surface area is 222 Å². The molecule has 13 heteroatoms. The minimum atomic E-state index is -4.81. The number of carbonyl (C=O) groups excluding carboxylic acids is 2. The second-order valence-corrected chi connectivity index (χ2v) is 9.66. The monoisotopic (exact) mass is 553 g/mol. The number of nitriles is 1. The Balaban J connectivity index is 1.96. The number of benzene rings is 2. The molecule has 0 radical (unpaired) electrons. The molecule has 2 aromatic rings. The number of anilines is 3. The van der Waals surface area contributed by atoms with E-state index in [1.54, 1.807) is 19.9 Å². The van der Waals surface area contributed by atoms with Crippen LogP contribution in [0.1, 0.15) is 25.0 Å². The molecule has 0 atom stereocenters. The lowest BCUT2D eigenvalue weighted by molar-refractivity contribution is -0.137. The van der Waals surface area contributed by atoms with Gasteiger partial charge in [-0.15, -0.1) is 0 Å². The van der Waals surface area contributed by atoms with Crippen LogP contribution in [0, 0.1) is 11.3 Å².